The normalized spacial score (nSPS) is 15.8. The summed E-state index contributed by atoms with van der Waals surface area (Å²) in [5.41, 5.74) is 2.06. The van der Waals surface area contributed by atoms with Gasteiger partial charge in [0.05, 0.1) is 32.9 Å². The smallest absolute Gasteiger partial charge is 0.394 e. The van der Waals surface area contributed by atoms with E-state index in [9.17, 15) is 18.0 Å². The van der Waals surface area contributed by atoms with Crippen LogP contribution in [0.15, 0.2) is 24.5 Å². The second-order valence-electron chi connectivity index (χ2n) is 8.11. The second-order valence-corrected chi connectivity index (χ2v) is 8.11. The molecule has 180 valence electrons. The molecule has 1 aliphatic rings. The zero-order valence-corrected chi connectivity index (χ0v) is 19.1. The molecule has 2 aromatic heterocycles. The molecule has 0 bridgehead atoms. The molecule has 1 aliphatic heterocycles. The third-order valence-electron chi connectivity index (χ3n) is 5.79. The molecular weight excluding hydrogens is 439 g/mol. The van der Waals surface area contributed by atoms with Crippen LogP contribution >= 0.6 is 0 Å². The number of rotatable bonds is 7. The summed E-state index contributed by atoms with van der Waals surface area (Å²) in [4.78, 5) is 23.2. The maximum absolute atomic E-state index is 13.0. The Bertz CT molecular complexity index is 976. The van der Waals surface area contributed by atoms with Crippen LogP contribution in [0, 0.1) is 12.8 Å². The van der Waals surface area contributed by atoms with Crippen molar-refractivity contribution in [1.82, 2.24) is 14.9 Å². The maximum atomic E-state index is 13.0. The van der Waals surface area contributed by atoms with Gasteiger partial charge in [0.2, 0.25) is 0 Å². The molecule has 0 saturated carbocycles. The Hall–Kier alpha value is -3.04. The molecule has 3 heterocycles. The number of piperidine rings is 1. The Labute approximate surface area is 190 Å². The molecule has 7 nitrogen and oxygen atoms in total. The van der Waals surface area contributed by atoms with Gasteiger partial charge in [-0.1, -0.05) is 6.92 Å². The number of alkyl halides is 3. The van der Waals surface area contributed by atoms with Crippen LogP contribution in [0.2, 0.25) is 0 Å². The lowest BCUT2D eigenvalue weighted by atomic mass is 9.89. The van der Waals surface area contributed by atoms with Crippen molar-refractivity contribution in [3.05, 3.63) is 41.5 Å². The highest BCUT2D eigenvalue weighted by Gasteiger charge is 2.36. The monoisotopic (exact) mass is 467 g/mol. The van der Waals surface area contributed by atoms with E-state index in [1.165, 1.54) is 19.4 Å². The van der Waals surface area contributed by atoms with E-state index in [0.29, 0.717) is 13.1 Å². The van der Waals surface area contributed by atoms with Crippen LogP contribution in [-0.2, 0) is 0 Å². The number of halogens is 3. The number of aromatic nitrogens is 2. The average molecular weight is 467 g/mol. The molecule has 1 amide bonds. The summed E-state index contributed by atoms with van der Waals surface area (Å²) in [6.07, 6.45) is 0.203. The van der Waals surface area contributed by atoms with Crippen LogP contribution in [0.5, 0.6) is 17.2 Å². The van der Waals surface area contributed by atoms with Gasteiger partial charge in [-0.05, 0) is 25.7 Å². The zero-order valence-electron chi connectivity index (χ0n) is 19.1. The summed E-state index contributed by atoms with van der Waals surface area (Å²) in [6.45, 7) is 3.43. The summed E-state index contributed by atoms with van der Waals surface area (Å²) >= 11 is 0. The Balaban J connectivity index is 1.65. The van der Waals surface area contributed by atoms with E-state index in [1.54, 1.807) is 12.0 Å². The second kappa shape index (κ2) is 10.3. The van der Waals surface area contributed by atoms with E-state index in [0.717, 1.165) is 36.8 Å². The molecular formula is C23H28F3N3O4. The van der Waals surface area contributed by atoms with Crippen LogP contribution in [0.4, 0.5) is 13.2 Å². The number of carbonyl (C=O) groups excluding carboxylic acids is 1. The van der Waals surface area contributed by atoms with Crippen molar-refractivity contribution in [3.63, 3.8) is 0 Å². The SMILES string of the molecule is COc1cc(C(=O)N2CCC(c3cnc(C)cc3OC)CC2)ncc1OCC(C)C(F)(F)F. The quantitative estimate of drug-likeness (QED) is 0.601. The minimum atomic E-state index is -4.36. The first-order valence-electron chi connectivity index (χ1n) is 10.7. The molecule has 3 rings (SSSR count). The molecule has 0 aromatic carbocycles. The largest absolute Gasteiger partial charge is 0.496 e. The molecule has 0 N–H and O–H groups in total. The van der Waals surface area contributed by atoms with Gasteiger partial charge in [-0.2, -0.15) is 13.2 Å². The van der Waals surface area contributed by atoms with Gasteiger partial charge in [0.25, 0.3) is 5.91 Å². The van der Waals surface area contributed by atoms with Crippen LogP contribution in [0.3, 0.4) is 0 Å². The van der Waals surface area contributed by atoms with Gasteiger partial charge in [0, 0.05) is 42.7 Å². The Kier molecular flexibility index (Phi) is 7.65. The highest BCUT2D eigenvalue weighted by Crippen LogP contribution is 2.35. The zero-order chi connectivity index (χ0) is 24.2. The number of hydrogen-bond acceptors (Lipinski definition) is 6. The molecule has 1 unspecified atom stereocenters. The summed E-state index contributed by atoms with van der Waals surface area (Å²) < 4.78 is 54.1. The van der Waals surface area contributed by atoms with Gasteiger partial charge in [0.15, 0.2) is 11.5 Å². The molecule has 2 aromatic rings. The third-order valence-corrected chi connectivity index (χ3v) is 5.79. The molecule has 0 spiro atoms. The molecule has 1 fully saturated rings. The van der Waals surface area contributed by atoms with Crippen LogP contribution in [-0.4, -0.2) is 60.9 Å². The number of hydrogen-bond donors (Lipinski definition) is 0. The van der Waals surface area contributed by atoms with Gasteiger partial charge in [-0.25, -0.2) is 4.98 Å². The van der Waals surface area contributed by atoms with Crippen LogP contribution < -0.4 is 14.2 Å². The van der Waals surface area contributed by atoms with Crippen molar-refractivity contribution in [1.29, 1.82) is 0 Å². The highest BCUT2D eigenvalue weighted by atomic mass is 19.4. The van der Waals surface area contributed by atoms with Crippen molar-refractivity contribution < 1.29 is 32.2 Å². The fourth-order valence-electron chi connectivity index (χ4n) is 3.70. The highest BCUT2D eigenvalue weighted by molar-refractivity contribution is 5.93. The number of nitrogens with zero attached hydrogens (tertiary/aromatic N) is 3. The standard InChI is InChI=1S/C23H28F3N3O4/c1-14(23(24,25)26)13-33-21-12-28-18(10-20(21)32-4)22(30)29-7-5-16(6-8-29)17-11-27-15(2)9-19(17)31-3/h9-12,14,16H,5-8,13H2,1-4H3. The minimum Gasteiger partial charge on any atom is -0.496 e. The third kappa shape index (κ3) is 5.85. The van der Waals surface area contributed by atoms with E-state index in [2.05, 4.69) is 9.97 Å². The summed E-state index contributed by atoms with van der Waals surface area (Å²) in [5, 5.41) is 0. The van der Waals surface area contributed by atoms with Crippen LogP contribution in [0.1, 0.15) is 47.4 Å². The fraction of sp³-hybridized carbons (Fsp3) is 0.522. The molecule has 0 radical (unpaired) electrons. The number of methoxy groups -OCH3 is 2. The number of aryl methyl sites for hydroxylation is 1. The molecule has 10 heteroatoms. The lowest BCUT2D eigenvalue weighted by Gasteiger charge is -2.32. The molecule has 33 heavy (non-hydrogen) atoms. The molecule has 1 saturated heterocycles. The van der Waals surface area contributed by atoms with E-state index >= 15 is 0 Å². The average Bonchev–Trinajstić information content (AvgIpc) is 2.81. The Morgan fingerprint density at radius 2 is 1.76 bits per heavy atom. The lowest BCUT2D eigenvalue weighted by Crippen LogP contribution is -2.38. The first-order chi connectivity index (χ1) is 15.6. The van der Waals surface area contributed by atoms with E-state index in [1.807, 2.05) is 19.2 Å². The number of carbonyl (C=O) groups is 1. The van der Waals surface area contributed by atoms with Gasteiger partial charge in [-0.3, -0.25) is 9.78 Å². The van der Waals surface area contributed by atoms with Crippen molar-refractivity contribution in [2.75, 3.05) is 33.9 Å². The number of likely N-dealkylation sites (tertiary alicyclic amines) is 1. The Morgan fingerprint density at radius 1 is 1.09 bits per heavy atom. The predicted molar refractivity (Wildman–Crippen MR) is 115 cm³/mol. The van der Waals surface area contributed by atoms with E-state index in [-0.39, 0.29) is 29.0 Å². The summed E-state index contributed by atoms with van der Waals surface area (Å²) in [6, 6.07) is 3.30. The molecule has 0 aliphatic carbocycles. The fourth-order valence-corrected chi connectivity index (χ4v) is 3.70. The summed E-state index contributed by atoms with van der Waals surface area (Å²) in [5.74, 6) is -0.667. The first-order valence-corrected chi connectivity index (χ1v) is 10.7. The topological polar surface area (TPSA) is 73.8 Å². The van der Waals surface area contributed by atoms with Crippen LogP contribution in [0.25, 0.3) is 0 Å². The van der Waals surface area contributed by atoms with Gasteiger partial charge >= 0.3 is 6.18 Å². The van der Waals surface area contributed by atoms with Gasteiger partial charge in [-0.15, -0.1) is 0 Å². The number of ether oxygens (including phenoxy) is 3. The Morgan fingerprint density at radius 3 is 2.36 bits per heavy atom. The van der Waals surface area contributed by atoms with E-state index in [4.69, 9.17) is 14.2 Å². The lowest BCUT2D eigenvalue weighted by molar-refractivity contribution is -0.176. The van der Waals surface area contributed by atoms with E-state index < -0.39 is 18.7 Å². The van der Waals surface area contributed by atoms with Gasteiger partial charge < -0.3 is 19.1 Å². The predicted octanol–water partition coefficient (Wildman–Crippen LogP) is 4.40. The summed E-state index contributed by atoms with van der Waals surface area (Å²) in [7, 11) is 2.99. The first kappa shape index (κ1) is 24.6. The maximum Gasteiger partial charge on any atom is 0.394 e. The van der Waals surface area contributed by atoms with Gasteiger partial charge in [0.1, 0.15) is 11.4 Å². The molecule has 1 atom stereocenters. The number of pyridine rings is 2. The number of amides is 1. The van der Waals surface area contributed by atoms with Crippen molar-refractivity contribution in [2.45, 2.75) is 38.8 Å². The minimum absolute atomic E-state index is 0.0582. The van der Waals surface area contributed by atoms with Crippen molar-refractivity contribution in [3.8, 4) is 17.2 Å². The van der Waals surface area contributed by atoms with Crippen molar-refractivity contribution in [2.24, 2.45) is 5.92 Å². The van der Waals surface area contributed by atoms with Crippen molar-refractivity contribution >= 4 is 5.91 Å².